The lowest BCUT2D eigenvalue weighted by Gasteiger charge is -2.30. The summed E-state index contributed by atoms with van der Waals surface area (Å²) in [5, 5.41) is 0. The quantitative estimate of drug-likeness (QED) is 0.276. The summed E-state index contributed by atoms with van der Waals surface area (Å²) in [4.78, 5) is 11.1. The van der Waals surface area contributed by atoms with Crippen molar-refractivity contribution in [1.82, 2.24) is 0 Å². The molecule has 0 aliphatic carbocycles. The Bertz CT molecular complexity index is 191. The molecule has 0 saturated heterocycles. The molecule has 0 aromatic heterocycles. The second-order valence-corrected chi connectivity index (χ2v) is 3.90. The van der Waals surface area contributed by atoms with Crippen molar-refractivity contribution in [3.05, 3.63) is 12.2 Å². The van der Waals surface area contributed by atoms with Crippen LogP contribution in [0.25, 0.3) is 0 Å². The zero-order chi connectivity index (χ0) is 9.94. The van der Waals surface area contributed by atoms with E-state index in [0.717, 1.165) is 0 Å². The van der Waals surface area contributed by atoms with Gasteiger partial charge in [-0.2, -0.15) is 0 Å². The van der Waals surface area contributed by atoms with E-state index in [4.69, 9.17) is 4.74 Å². The minimum Gasteiger partial charge on any atom is -0.409 e. The topological polar surface area (TPSA) is 26.3 Å². The molecule has 0 amide bonds. The second kappa shape index (κ2) is 3.72. The second-order valence-electron chi connectivity index (χ2n) is 3.90. The first kappa shape index (κ1) is 11.2. The number of hydrogen-bond acceptors (Lipinski definition) is 2. The van der Waals surface area contributed by atoms with E-state index < -0.39 is 0 Å². The van der Waals surface area contributed by atoms with Crippen molar-refractivity contribution in [3.8, 4) is 0 Å². The lowest BCUT2D eigenvalue weighted by molar-refractivity contribution is -0.914. The van der Waals surface area contributed by atoms with Crippen LogP contribution in [-0.4, -0.2) is 37.8 Å². The van der Waals surface area contributed by atoms with E-state index >= 15 is 0 Å². The molecule has 0 rings (SSSR count). The summed E-state index contributed by atoms with van der Waals surface area (Å²) in [5.74, 6) is -0.324. The highest BCUT2D eigenvalue weighted by Crippen LogP contribution is 2.06. The predicted molar refractivity (Wildman–Crippen MR) is 48.4 cm³/mol. The molecule has 0 fully saturated rings. The number of nitrogens with zero attached hydrogens (tertiary/aromatic N) is 1. The average Bonchev–Trinajstić information content (AvgIpc) is 1.85. The SMILES string of the molecule is C=C(C)C(=O)O[C@H](C)[N+](C)(C)C. The molecule has 0 bridgehead atoms. The summed E-state index contributed by atoms with van der Waals surface area (Å²) in [6.45, 7) is 7.01. The first-order chi connectivity index (χ1) is 5.25. The molecule has 3 heteroatoms. The van der Waals surface area contributed by atoms with Crippen molar-refractivity contribution < 1.29 is 14.0 Å². The minimum absolute atomic E-state index is 0.144. The Morgan fingerprint density at radius 3 is 2.08 bits per heavy atom. The van der Waals surface area contributed by atoms with Gasteiger partial charge in [-0.25, -0.2) is 4.79 Å². The van der Waals surface area contributed by atoms with Crippen molar-refractivity contribution in [2.24, 2.45) is 0 Å². The summed E-state index contributed by atoms with van der Waals surface area (Å²) < 4.78 is 5.71. The molecule has 0 saturated carbocycles. The molecular weight excluding hydrogens is 154 g/mol. The van der Waals surface area contributed by atoms with E-state index in [9.17, 15) is 4.79 Å². The van der Waals surface area contributed by atoms with E-state index in [1.807, 2.05) is 28.1 Å². The normalized spacial score (nSPS) is 13.8. The third kappa shape index (κ3) is 3.53. The Morgan fingerprint density at radius 2 is 1.83 bits per heavy atom. The van der Waals surface area contributed by atoms with Crippen LogP contribution in [0.2, 0.25) is 0 Å². The molecule has 0 aliphatic heterocycles. The Hall–Kier alpha value is -0.830. The van der Waals surface area contributed by atoms with Gasteiger partial charge in [0.2, 0.25) is 6.23 Å². The zero-order valence-corrected chi connectivity index (χ0v) is 8.55. The van der Waals surface area contributed by atoms with Crippen LogP contribution in [0, 0.1) is 0 Å². The van der Waals surface area contributed by atoms with Crippen LogP contribution in [0.5, 0.6) is 0 Å². The maximum Gasteiger partial charge on any atom is 0.337 e. The first-order valence-electron chi connectivity index (χ1n) is 3.92. The molecule has 0 heterocycles. The lowest BCUT2D eigenvalue weighted by Crippen LogP contribution is -2.45. The van der Waals surface area contributed by atoms with E-state index in [0.29, 0.717) is 10.1 Å². The fourth-order valence-corrected chi connectivity index (χ4v) is 0.414. The van der Waals surface area contributed by atoms with Crippen molar-refractivity contribution in [3.63, 3.8) is 0 Å². The number of quaternary nitrogens is 1. The van der Waals surface area contributed by atoms with Gasteiger partial charge in [0.25, 0.3) is 0 Å². The van der Waals surface area contributed by atoms with Gasteiger partial charge in [-0.3, -0.25) is 4.48 Å². The van der Waals surface area contributed by atoms with Crippen molar-refractivity contribution in [1.29, 1.82) is 0 Å². The van der Waals surface area contributed by atoms with E-state index in [-0.39, 0.29) is 12.2 Å². The highest BCUT2D eigenvalue weighted by Gasteiger charge is 2.22. The minimum atomic E-state index is -0.324. The van der Waals surface area contributed by atoms with Gasteiger partial charge < -0.3 is 4.74 Å². The molecule has 0 aromatic rings. The van der Waals surface area contributed by atoms with Gasteiger partial charge in [0, 0.05) is 12.5 Å². The molecule has 1 atom stereocenters. The molecule has 3 nitrogen and oxygen atoms in total. The van der Waals surface area contributed by atoms with Crippen LogP contribution in [0.4, 0.5) is 0 Å². The first-order valence-corrected chi connectivity index (χ1v) is 3.92. The summed E-state index contributed by atoms with van der Waals surface area (Å²) >= 11 is 0. The standard InChI is InChI=1S/C9H18NO2/c1-7(2)9(11)12-8(3)10(4,5)6/h8H,1H2,2-6H3/q+1/t8-/m1/s1. The highest BCUT2D eigenvalue weighted by molar-refractivity contribution is 5.86. The molecule has 0 aromatic carbocycles. The van der Waals surface area contributed by atoms with Crippen LogP contribution < -0.4 is 0 Å². The predicted octanol–water partition coefficient (Wildman–Crippen LogP) is 1.16. The van der Waals surface area contributed by atoms with Crippen molar-refractivity contribution >= 4 is 5.97 Å². The van der Waals surface area contributed by atoms with Crippen molar-refractivity contribution in [2.75, 3.05) is 21.1 Å². The fourth-order valence-electron chi connectivity index (χ4n) is 0.414. The van der Waals surface area contributed by atoms with E-state index in [1.54, 1.807) is 6.92 Å². The summed E-state index contributed by atoms with van der Waals surface area (Å²) in [7, 11) is 5.91. The van der Waals surface area contributed by atoms with Gasteiger partial charge in [-0.05, 0) is 6.92 Å². The van der Waals surface area contributed by atoms with Gasteiger partial charge in [0.1, 0.15) is 0 Å². The van der Waals surface area contributed by atoms with Crippen LogP contribution in [0.3, 0.4) is 0 Å². The molecule has 0 radical (unpaired) electrons. The number of esters is 1. The largest absolute Gasteiger partial charge is 0.409 e. The molecule has 0 N–H and O–H groups in total. The Kier molecular flexibility index (Phi) is 3.46. The number of carbonyl (C=O) groups excluding carboxylic acids is 1. The van der Waals surface area contributed by atoms with Crippen LogP contribution in [0.1, 0.15) is 13.8 Å². The molecule has 12 heavy (non-hydrogen) atoms. The Morgan fingerprint density at radius 1 is 1.42 bits per heavy atom. The number of carbonyl (C=O) groups is 1. The van der Waals surface area contributed by atoms with Gasteiger partial charge in [-0.1, -0.05) is 6.58 Å². The number of ether oxygens (including phenoxy) is 1. The molecule has 0 aliphatic rings. The number of rotatable bonds is 3. The highest BCUT2D eigenvalue weighted by atomic mass is 16.6. The number of hydrogen-bond donors (Lipinski definition) is 0. The van der Waals surface area contributed by atoms with Gasteiger partial charge in [-0.15, -0.1) is 0 Å². The maximum atomic E-state index is 11.1. The van der Waals surface area contributed by atoms with Crippen LogP contribution in [-0.2, 0) is 9.53 Å². The van der Waals surface area contributed by atoms with Gasteiger partial charge >= 0.3 is 5.97 Å². The van der Waals surface area contributed by atoms with Gasteiger partial charge in [0.15, 0.2) is 0 Å². The van der Waals surface area contributed by atoms with Crippen molar-refractivity contribution in [2.45, 2.75) is 20.1 Å². The third-order valence-electron chi connectivity index (χ3n) is 1.72. The van der Waals surface area contributed by atoms with Gasteiger partial charge in [0.05, 0.1) is 21.1 Å². The van der Waals surface area contributed by atoms with E-state index in [2.05, 4.69) is 6.58 Å². The fraction of sp³-hybridized carbons (Fsp3) is 0.667. The Labute approximate surface area is 74.2 Å². The monoisotopic (exact) mass is 172 g/mol. The maximum absolute atomic E-state index is 11.1. The Balaban J connectivity index is 4.11. The molecule has 0 spiro atoms. The summed E-state index contributed by atoms with van der Waals surface area (Å²) in [6.07, 6.45) is -0.144. The summed E-state index contributed by atoms with van der Waals surface area (Å²) in [5.41, 5.74) is 0.440. The smallest absolute Gasteiger partial charge is 0.337 e. The van der Waals surface area contributed by atoms with Crippen LogP contribution >= 0.6 is 0 Å². The lowest BCUT2D eigenvalue weighted by atomic mass is 10.3. The average molecular weight is 172 g/mol. The van der Waals surface area contributed by atoms with E-state index in [1.165, 1.54) is 0 Å². The molecule has 0 unspecified atom stereocenters. The zero-order valence-electron chi connectivity index (χ0n) is 8.55. The molecular formula is C9H18NO2+. The molecule has 70 valence electrons. The third-order valence-corrected chi connectivity index (χ3v) is 1.72. The van der Waals surface area contributed by atoms with Crippen LogP contribution in [0.15, 0.2) is 12.2 Å². The summed E-state index contributed by atoms with van der Waals surface area (Å²) in [6, 6.07) is 0.